The zero-order valence-corrected chi connectivity index (χ0v) is 19.8. The summed E-state index contributed by atoms with van der Waals surface area (Å²) in [4.78, 5) is 27.9. The second kappa shape index (κ2) is 11.2. The Morgan fingerprint density at radius 2 is 1.71 bits per heavy atom. The van der Waals surface area contributed by atoms with Gasteiger partial charge in [-0.25, -0.2) is 0 Å². The molecule has 0 aliphatic heterocycles. The molecule has 166 valence electrons. The number of benzene rings is 2. The molecule has 0 aromatic heterocycles. The average Bonchev–Trinajstić information content (AvgIpc) is 2.75. The Morgan fingerprint density at radius 1 is 1.00 bits per heavy atom. The number of halogens is 3. The Bertz CT molecular complexity index is 929. The number of nitrogens with one attached hydrogen (secondary N) is 1. The van der Waals surface area contributed by atoms with Crippen molar-refractivity contribution in [3.63, 3.8) is 0 Å². The molecule has 0 radical (unpaired) electrons. The molecule has 1 unspecified atom stereocenters. The van der Waals surface area contributed by atoms with Gasteiger partial charge in [0.1, 0.15) is 6.04 Å². The van der Waals surface area contributed by atoms with E-state index in [1.165, 1.54) is 6.42 Å². The van der Waals surface area contributed by atoms with Crippen LogP contribution < -0.4 is 5.32 Å². The fraction of sp³-hybridized carbons (Fsp3) is 0.417. The second-order valence-electron chi connectivity index (χ2n) is 8.05. The van der Waals surface area contributed by atoms with Crippen molar-refractivity contribution in [3.8, 4) is 0 Å². The van der Waals surface area contributed by atoms with Crippen molar-refractivity contribution < 1.29 is 9.59 Å². The molecule has 2 aromatic rings. The smallest absolute Gasteiger partial charge is 0.242 e. The highest BCUT2D eigenvalue weighted by molar-refractivity contribution is 6.35. The molecule has 1 atom stereocenters. The molecule has 1 N–H and O–H groups in total. The van der Waals surface area contributed by atoms with E-state index in [-0.39, 0.29) is 30.8 Å². The van der Waals surface area contributed by atoms with Gasteiger partial charge in [-0.15, -0.1) is 0 Å². The molecule has 1 aliphatic carbocycles. The zero-order valence-electron chi connectivity index (χ0n) is 17.5. The van der Waals surface area contributed by atoms with Gasteiger partial charge in [0.15, 0.2) is 0 Å². The van der Waals surface area contributed by atoms with Crippen molar-refractivity contribution >= 4 is 46.6 Å². The highest BCUT2D eigenvalue weighted by Gasteiger charge is 2.29. The van der Waals surface area contributed by atoms with Crippen LogP contribution in [0.25, 0.3) is 0 Å². The lowest BCUT2D eigenvalue weighted by Gasteiger charge is -2.31. The fourth-order valence-electron chi connectivity index (χ4n) is 3.89. The predicted molar refractivity (Wildman–Crippen MR) is 127 cm³/mol. The molecule has 1 aliphatic rings. The monoisotopic (exact) mass is 480 g/mol. The summed E-state index contributed by atoms with van der Waals surface area (Å²) in [7, 11) is 0. The Balaban J connectivity index is 1.80. The van der Waals surface area contributed by atoms with E-state index in [1.807, 2.05) is 18.2 Å². The van der Waals surface area contributed by atoms with Crippen LogP contribution in [-0.2, 0) is 22.6 Å². The van der Waals surface area contributed by atoms with Crippen LogP contribution in [0.15, 0.2) is 42.5 Å². The molecule has 7 heteroatoms. The highest BCUT2D eigenvalue weighted by atomic mass is 35.5. The minimum Gasteiger partial charge on any atom is -0.352 e. The molecule has 1 saturated carbocycles. The third kappa shape index (κ3) is 6.61. The van der Waals surface area contributed by atoms with Crippen molar-refractivity contribution in [2.45, 2.75) is 64.1 Å². The third-order valence-electron chi connectivity index (χ3n) is 5.77. The molecule has 0 saturated heterocycles. The largest absolute Gasteiger partial charge is 0.352 e. The fourth-order valence-corrected chi connectivity index (χ4v) is 4.56. The minimum atomic E-state index is -0.649. The first-order chi connectivity index (χ1) is 14.8. The summed E-state index contributed by atoms with van der Waals surface area (Å²) >= 11 is 18.6. The molecule has 0 heterocycles. The van der Waals surface area contributed by atoms with Gasteiger partial charge in [-0.05, 0) is 49.1 Å². The van der Waals surface area contributed by atoms with Crippen LogP contribution in [-0.4, -0.2) is 28.8 Å². The molecular weight excluding hydrogens is 455 g/mol. The van der Waals surface area contributed by atoms with Crippen LogP contribution in [0, 0.1) is 0 Å². The number of hydrogen-bond acceptors (Lipinski definition) is 2. The average molecular weight is 482 g/mol. The first-order valence-corrected chi connectivity index (χ1v) is 11.8. The van der Waals surface area contributed by atoms with Gasteiger partial charge in [0.2, 0.25) is 11.8 Å². The lowest BCUT2D eigenvalue weighted by molar-refractivity contribution is -0.140. The van der Waals surface area contributed by atoms with Gasteiger partial charge in [0.25, 0.3) is 0 Å². The van der Waals surface area contributed by atoms with E-state index >= 15 is 0 Å². The van der Waals surface area contributed by atoms with Crippen molar-refractivity contribution in [3.05, 3.63) is 68.7 Å². The molecule has 3 rings (SSSR count). The highest BCUT2D eigenvalue weighted by Crippen LogP contribution is 2.25. The van der Waals surface area contributed by atoms with Crippen LogP contribution in [0.1, 0.15) is 50.2 Å². The summed E-state index contributed by atoms with van der Waals surface area (Å²) in [5, 5.41) is 4.63. The number of hydrogen-bond donors (Lipinski definition) is 1. The first-order valence-electron chi connectivity index (χ1n) is 10.6. The van der Waals surface area contributed by atoms with E-state index in [2.05, 4.69) is 5.32 Å². The minimum absolute atomic E-state index is 0.103. The zero-order chi connectivity index (χ0) is 22.4. The standard InChI is InChI=1S/C24H27Cl3N2O2/c1-16(24(31)28-20-8-3-2-4-9-20)29(15-18-11-12-19(25)14-22(18)27)23(30)13-17-7-5-6-10-21(17)26/h5-7,10-12,14,16,20H,2-4,8-9,13,15H2,1H3,(H,28,31). The van der Waals surface area contributed by atoms with Gasteiger partial charge < -0.3 is 10.2 Å². The Kier molecular flexibility index (Phi) is 8.65. The molecule has 1 fully saturated rings. The van der Waals surface area contributed by atoms with Crippen LogP contribution in [0.5, 0.6) is 0 Å². The van der Waals surface area contributed by atoms with Crippen LogP contribution >= 0.6 is 34.8 Å². The summed E-state index contributed by atoms with van der Waals surface area (Å²) in [6, 6.07) is 11.9. The lowest BCUT2D eigenvalue weighted by atomic mass is 9.95. The number of rotatable bonds is 7. The summed E-state index contributed by atoms with van der Waals surface area (Å²) < 4.78 is 0. The van der Waals surface area contributed by atoms with Gasteiger partial charge >= 0.3 is 0 Å². The quantitative estimate of drug-likeness (QED) is 0.523. The second-order valence-corrected chi connectivity index (χ2v) is 9.30. The van der Waals surface area contributed by atoms with Gasteiger partial charge in [0, 0.05) is 27.7 Å². The van der Waals surface area contributed by atoms with E-state index < -0.39 is 6.04 Å². The number of nitrogens with zero attached hydrogens (tertiary/aromatic N) is 1. The van der Waals surface area contributed by atoms with Gasteiger partial charge in [-0.1, -0.05) is 78.3 Å². The number of amides is 2. The summed E-state index contributed by atoms with van der Waals surface area (Å²) in [6.07, 6.45) is 5.51. The van der Waals surface area contributed by atoms with E-state index in [9.17, 15) is 9.59 Å². The van der Waals surface area contributed by atoms with Crippen molar-refractivity contribution in [1.29, 1.82) is 0 Å². The van der Waals surface area contributed by atoms with Crippen molar-refractivity contribution in [1.82, 2.24) is 10.2 Å². The predicted octanol–water partition coefficient (Wildman–Crippen LogP) is 6.06. The summed E-state index contributed by atoms with van der Waals surface area (Å²) in [6.45, 7) is 1.96. The Morgan fingerprint density at radius 3 is 2.39 bits per heavy atom. The maximum Gasteiger partial charge on any atom is 0.242 e. The van der Waals surface area contributed by atoms with Crippen LogP contribution in [0.2, 0.25) is 15.1 Å². The molecule has 0 spiro atoms. The van der Waals surface area contributed by atoms with E-state index in [4.69, 9.17) is 34.8 Å². The molecular formula is C24H27Cl3N2O2. The third-order valence-corrected chi connectivity index (χ3v) is 6.73. The maximum absolute atomic E-state index is 13.3. The molecule has 31 heavy (non-hydrogen) atoms. The van der Waals surface area contributed by atoms with E-state index in [0.717, 1.165) is 36.8 Å². The Hall–Kier alpha value is -1.75. The van der Waals surface area contributed by atoms with Gasteiger partial charge in [-0.2, -0.15) is 0 Å². The summed E-state index contributed by atoms with van der Waals surface area (Å²) in [5.41, 5.74) is 1.46. The molecule has 0 bridgehead atoms. The molecule has 4 nitrogen and oxygen atoms in total. The van der Waals surface area contributed by atoms with Crippen molar-refractivity contribution in [2.75, 3.05) is 0 Å². The summed E-state index contributed by atoms with van der Waals surface area (Å²) in [5.74, 6) is -0.338. The van der Waals surface area contributed by atoms with E-state index in [1.54, 1.807) is 36.1 Å². The number of carbonyl (C=O) groups is 2. The first kappa shape index (κ1) is 23.9. The van der Waals surface area contributed by atoms with Gasteiger partial charge in [-0.3, -0.25) is 9.59 Å². The molecule has 2 amide bonds. The van der Waals surface area contributed by atoms with E-state index in [0.29, 0.717) is 15.1 Å². The van der Waals surface area contributed by atoms with Crippen LogP contribution in [0.3, 0.4) is 0 Å². The van der Waals surface area contributed by atoms with Crippen molar-refractivity contribution in [2.24, 2.45) is 0 Å². The van der Waals surface area contributed by atoms with Gasteiger partial charge in [0.05, 0.1) is 6.42 Å². The topological polar surface area (TPSA) is 49.4 Å². The molecule has 2 aromatic carbocycles. The van der Waals surface area contributed by atoms with Crippen LogP contribution in [0.4, 0.5) is 0 Å². The Labute approximate surface area is 198 Å². The normalized spacial score (nSPS) is 15.4. The SMILES string of the molecule is CC(C(=O)NC1CCCCC1)N(Cc1ccc(Cl)cc1Cl)C(=O)Cc1ccccc1Cl. The maximum atomic E-state index is 13.3. The number of carbonyl (C=O) groups excluding carboxylic acids is 2. The lowest BCUT2D eigenvalue weighted by Crippen LogP contribution is -2.50.